The molecule has 0 fully saturated rings. The second-order valence-corrected chi connectivity index (χ2v) is 9.79. The van der Waals surface area contributed by atoms with E-state index >= 15 is 0 Å². The van der Waals surface area contributed by atoms with Crippen LogP contribution in [-0.4, -0.2) is 21.7 Å². The second-order valence-electron chi connectivity index (χ2n) is 8.82. The first-order chi connectivity index (χ1) is 16.2. The second kappa shape index (κ2) is 11.4. The van der Waals surface area contributed by atoms with Crippen molar-refractivity contribution in [2.24, 2.45) is 0 Å². The van der Waals surface area contributed by atoms with Crippen molar-refractivity contribution in [2.45, 2.75) is 77.2 Å². The highest BCUT2D eigenvalue weighted by Gasteiger charge is 2.24. The number of amides is 1. The lowest BCUT2D eigenvalue weighted by molar-refractivity contribution is -0.118. The van der Waals surface area contributed by atoms with Gasteiger partial charge in [-0.1, -0.05) is 50.1 Å². The van der Waals surface area contributed by atoms with Gasteiger partial charge in [-0.2, -0.15) is 0 Å². The first-order valence-corrected chi connectivity index (χ1v) is 13.1. The monoisotopic (exact) mass is 463 g/mol. The van der Waals surface area contributed by atoms with Crippen molar-refractivity contribution >= 4 is 23.0 Å². The molecule has 5 nitrogen and oxygen atoms in total. The maximum atomic E-state index is 13.3. The molecule has 33 heavy (non-hydrogen) atoms. The normalized spacial score (nSPS) is 14.0. The molecule has 2 aromatic heterocycles. The van der Waals surface area contributed by atoms with Gasteiger partial charge in [-0.3, -0.25) is 9.59 Å². The van der Waals surface area contributed by atoms with Crippen LogP contribution < -0.4 is 5.32 Å². The molecule has 1 aliphatic rings. The highest BCUT2D eigenvalue weighted by Crippen LogP contribution is 2.31. The van der Waals surface area contributed by atoms with Gasteiger partial charge in [0.15, 0.2) is 0 Å². The first-order valence-electron chi connectivity index (χ1n) is 12.2. The van der Waals surface area contributed by atoms with Crippen LogP contribution in [-0.2, 0) is 17.6 Å². The van der Waals surface area contributed by atoms with Gasteiger partial charge in [0.2, 0.25) is 0 Å². The number of carbonyl (C=O) groups is 2. The molecular formula is C27H33N3O2S. The maximum absolute atomic E-state index is 13.3. The van der Waals surface area contributed by atoms with Gasteiger partial charge in [0, 0.05) is 23.1 Å². The van der Waals surface area contributed by atoms with Crippen molar-refractivity contribution in [3.05, 3.63) is 63.7 Å². The third-order valence-electron chi connectivity index (χ3n) is 6.46. The Morgan fingerprint density at radius 1 is 1.12 bits per heavy atom. The van der Waals surface area contributed by atoms with Crippen molar-refractivity contribution in [1.82, 2.24) is 15.3 Å². The Labute approximate surface area is 200 Å². The fraction of sp³-hybridized carbons (Fsp3) is 0.444. The Bertz CT molecular complexity index is 1070. The smallest absolute Gasteiger partial charge is 0.253 e. The lowest BCUT2D eigenvalue weighted by Gasteiger charge is -2.18. The van der Waals surface area contributed by atoms with Crippen molar-refractivity contribution in [1.29, 1.82) is 0 Å². The summed E-state index contributed by atoms with van der Waals surface area (Å²) in [6, 6.07) is 9.92. The molecule has 0 spiro atoms. The number of nitrogens with one attached hydrogen (secondary N) is 2. The number of carbonyl (C=O) groups excluding carboxylic acids is 2. The van der Waals surface area contributed by atoms with Crippen LogP contribution in [0.1, 0.15) is 91.0 Å². The molecule has 2 N–H and O–H groups in total. The summed E-state index contributed by atoms with van der Waals surface area (Å²) in [5, 5.41) is 5.29. The number of aromatic nitrogens is 2. The number of unbranched alkanes of at least 4 members (excludes halogenated alkanes) is 2. The van der Waals surface area contributed by atoms with E-state index in [0.29, 0.717) is 18.6 Å². The van der Waals surface area contributed by atoms with Crippen molar-refractivity contribution in [2.75, 3.05) is 0 Å². The first kappa shape index (κ1) is 23.4. The van der Waals surface area contributed by atoms with E-state index in [2.05, 4.69) is 15.3 Å². The number of Topliss-reactive ketones (excluding diaryl/α,β-unsaturated/α-hetero) is 1. The van der Waals surface area contributed by atoms with E-state index in [4.69, 9.17) is 0 Å². The molecule has 1 atom stereocenters. The van der Waals surface area contributed by atoms with Gasteiger partial charge < -0.3 is 10.3 Å². The predicted molar refractivity (Wildman–Crippen MR) is 134 cm³/mol. The van der Waals surface area contributed by atoms with Gasteiger partial charge in [0.25, 0.3) is 5.91 Å². The zero-order chi connectivity index (χ0) is 23.0. The third kappa shape index (κ3) is 5.99. The van der Waals surface area contributed by atoms with Crippen LogP contribution in [0.2, 0.25) is 0 Å². The molecule has 3 aromatic rings. The molecule has 1 aromatic carbocycles. The van der Waals surface area contributed by atoms with Crippen molar-refractivity contribution in [3.8, 4) is 11.3 Å². The minimum absolute atomic E-state index is 0.00165. The molecule has 4 rings (SSSR count). The van der Waals surface area contributed by atoms with Crippen molar-refractivity contribution in [3.63, 3.8) is 0 Å². The van der Waals surface area contributed by atoms with E-state index in [1.54, 1.807) is 11.3 Å². The van der Waals surface area contributed by atoms with E-state index in [1.165, 1.54) is 16.9 Å². The van der Waals surface area contributed by atoms with Crippen LogP contribution in [0, 0.1) is 0 Å². The number of imidazole rings is 1. The Hall–Kier alpha value is -2.73. The average Bonchev–Trinajstić information content (AvgIpc) is 3.51. The largest absolute Gasteiger partial charge is 0.342 e. The van der Waals surface area contributed by atoms with Crippen LogP contribution in [0.5, 0.6) is 0 Å². The summed E-state index contributed by atoms with van der Waals surface area (Å²) in [5.74, 6) is 1.11. The van der Waals surface area contributed by atoms with E-state index in [1.807, 2.05) is 48.8 Å². The van der Waals surface area contributed by atoms with E-state index in [9.17, 15) is 9.59 Å². The lowest BCUT2D eigenvalue weighted by Crippen LogP contribution is -2.30. The van der Waals surface area contributed by atoms with Crippen LogP contribution >= 0.6 is 11.3 Å². The summed E-state index contributed by atoms with van der Waals surface area (Å²) in [7, 11) is 0. The molecule has 0 saturated heterocycles. The molecule has 1 aliphatic carbocycles. The van der Waals surface area contributed by atoms with Crippen LogP contribution in [0.4, 0.5) is 0 Å². The summed E-state index contributed by atoms with van der Waals surface area (Å²) < 4.78 is 0. The Balaban J connectivity index is 1.46. The van der Waals surface area contributed by atoms with E-state index in [-0.39, 0.29) is 11.9 Å². The Morgan fingerprint density at radius 3 is 2.76 bits per heavy atom. The molecular weight excluding hydrogens is 430 g/mol. The number of aryl methyl sites for hydroxylation is 1. The summed E-state index contributed by atoms with van der Waals surface area (Å²) in [6.45, 7) is 1.91. The van der Waals surface area contributed by atoms with Gasteiger partial charge in [0.05, 0.1) is 23.5 Å². The van der Waals surface area contributed by atoms with Gasteiger partial charge in [-0.25, -0.2) is 4.98 Å². The molecule has 174 valence electrons. The number of ketones is 1. The molecule has 0 bridgehead atoms. The summed E-state index contributed by atoms with van der Waals surface area (Å²) in [6.07, 6.45) is 11.2. The van der Waals surface area contributed by atoms with E-state index < -0.39 is 0 Å². The van der Waals surface area contributed by atoms with Gasteiger partial charge in [-0.15, -0.1) is 11.3 Å². The van der Waals surface area contributed by atoms with Gasteiger partial charge in [0.1, 0.15) is 11.6 Å². The number of rotatable bonds is 11. The quantitative estimate of drug-likeness (QED) is 0.322. The number of aromatic amines is 1. The minimum atomic E-state index is -0.184. The number of fused-ring (bicyclic) bond motifs is 1. The average molecular weight is 464 g/mol. The number of benzene rings is 1. The molecule has 0 saturated carbocycles. The summed E-state index contributed by atoms with van der Waals surface area (Å²) in [5.41, 5.74) is 4.10. The molecule has 1 amide bonds. The maximum Gasteiger partial charge on any atom is 0.253 e. The summed E-state index contributed by atoms with van der Waals surface area (Å²) >= 11 is 1.72. The Kier molecular flexibility index (Phi) is 8.10. The number of H-pyrrole nitrogens is 1. The zero-order valence-electron chi connectivity index (χ0n) is 19.4. The van der Waals surface area contributed by atoms with Crippen LogP contribution in [0.15, 0.2) is 41.9 Å². The molecule has 0 radical (unpaired) electrons. The molecule has 0 aliphatic heterocycles. The number of hydrogen-bond donors (Lipinski definition) is 2. The van der Waals surface area contributed by atoms with Crippen molar-refractivity contribution < 1.29 is 9.59 Å². The molecule has 2 heterocycles. The minimum Gasteiger partial charge on any atom is -0.342 e. The third-order valence-corrected chi connectivity index (χ3v) is 7.55. The zero-order valence-corrected chi connectivity index (χ0v) is 20.2. The molecule has 0 unspecified atom stereocenters. The predicted octanol–water partition coefficient (Wildman–Crippen LogP) is 6.42. The standard InChI is InChI=1S/C27H33N3O2S/c1-2-20(31)13-7-4-8-15-23(26-28-17-24(29-26)19-11-5-3-6-12-19)30-27(32)22-18-33-25-16-10-9-14-21(22)25/h3,5-6,11-12,17-18,23H,2,4,7-10,13-16H2,1H3,(H,28,29)(H,30,32)/t23-/m0/s1. The van der Waals surface area contributed by atoms with Gasteiger partial charge >= 0.3 is 0 Å². The molecule has 6 heteroatoms. The lowest BCUT2D eigenvalue weighted by atomic mass is 9.95. The Morgan fingerprint density at radius 2 is 1.94 bits per heavy atom. The van der Waals surface area contributed by atoms with Crippen LogP contribution in [0.25, 0.3) is 11.3 Å². The SMILES string of the molecule is CCC(=O)CCCCC[C@H](NC(=O)c1csc2c1CCCC2)c1ncc(-c2ccccc2)[nH]1. The fourth-order valence-electron chi connectivity index (χ4n) is 4.50. The van der Waals surface area contributed by atoms with Crippen LogP contribution in [0.3, 0.4) is 0 Å². The number of nitrogens with zero attached hydrogens (tertiary/aromatic N) is 1. The topological polar surface area (TPSA) is 74.8 Å². The number of hydrogen-bond acceptors (Lipinski definition) is 4. The highest BCUT2D eigenvalue weighted by molar-refractivity contribution is 7.10. The fourth-order valence-corrected chi connectivity index (χ4v) is 5.63. The van der Waals surface area contributed by atoms with E-state index in [0.717, 1.165) is 67.6 Å². The highest BCUT2D eigenvalue weighted by atomic mass is 32.1. The summed E-state index contributed by atoms with van der Waals surface area (Å²) in [4.78, 5) is 34.3. The number of thiophene rings is 1. The van der Waals surface area contributed by atoms with Gasteiger partial charge in [-0.05, 0) is 49.7 Å².